The van der Waals surface area contributed by atoms with Gasteiger partial charge in [-0.1, -0.05) is 13.0 Å². The van der Waals surface area contributed by atoms with Gasteiger partial charge in [-0.2, -0.15) is 0 Å². The fourth-order valence-electron chi connectivity index (χ4n) is 2.35. The van der Waals surface area contributed by atoms with Crippen LogP contribution in [0.15, 0.2) is 29.6 Å². The normalized spacial score (nSPS) is 15.1. The van der Waals surface area contributed by atoms with E-state index in [1.165, 1.54) is 14.0 Å². The first-order valence-corrected chi connectivity index (χ1v) is 8.60. The molecule has 106 valence electrons. The van der Waals surface area contributed by atoms with Crippen molar-refractivity contribution in [2.45, 2.75) is 13.0 Å². The lowest BCUT2D eigenvalue weighted by Crippen LogP contribution is -2.22. The summed E-state index contributed by atoms with van der Waals surface area (Å²) in [4.78, 5) is 0. The van der Waals surface area contributed by atoms with Gasteiger partial charge in [0.15, 0.2) is 11.5 Å². The first-order valence-electron chi connectivity index (χ1n) is 6.65. The number of rotatable bonds is 4. The molecule has 3 nitrogen and oxygen atoms in total. The summed E-state index contributed by atoms with van der Waals surface area (Å²) in [7, 11) is 0. The van der Waals surface area contributed by atoms with E-state index < -0.39 is 0 Å². The molecule has 0 fully saturated rings. The van der Waals surface area contributed by atoms with Crippen molar-refractivity contribution in [3.63, 3.8) is 0 Å². The molecule has 3 rings (SSSR count). The molecule has 1 N–H and O–H groups in total. The van der Waals surface area contributed by atoms with E-state index in [2.05, 4.69) is 58.4 Å². The second kappa shape index (κ2) is 6.32. The maximum Gasteiger partial charge on any atom is 0.161 e. The summed E-state index contributed by atoms with van der Waals surface area (Å²) in [6.07, 6.45) is 0. The highest BCUT2D eigenvalue weighted by Crippen LogP contribution is 2.35. The van der Waals surface area contributed by atoms with E-state index in [0.29, 0.717) is 13.2 Å². The van der Waals surface area contributed by atoms with Crippen molar-refractivity contribution < 1.29 is 9.47 Å². The fourth-order valence-corrected chi connectivity index (χ4v) is 3.74. The topological polar surface area (TPSA) is 30.5 Å². The van der Waals surface area contributed by atoms with Gasteiger partial charge in [-0.3, -0.25) is 0 Å². The van der Waals surface area contributed by atoms with Crippen LogP contribution < -0.4 is 14.8 Å². The Bertz CT molecular complexity index is 599. The smallest absolute Gasteiger partial charge is 0.161 e. The SMILES string of the molecule is CCNC(c1csc(I)c1)c1ccc2c(c1)OCCO2. The molecule has 5 heteroatoms. The van der Waals surface area contributed by atoms with Crippen LogP contribution in [0.1, 0.15) is 24.1 Å². The van der Waals surface area contributed by atoms with Crippen molar-refractivity contribution in [1.29, 1.82) is 0 Å². The highest BCUT2D eigenvalue weighted by molar-refractivity contribution is 14.1. The van der Waals surface area contributed by atoms with Crippen molar-refractivity contribution >= 4 is 33.9 Å². The van der Waals surface area contributed by atoms with Crippen LogP contribution in [0.25, 0.3) is 0 Å². The Labute approximate surface area is 136 Å². The molecule has 1 unspecified atom stereocenters. The molecular formula is C15H16INO2S. The zero-order chi connectivity index (χ0) is 13.9. The Morgan fingerprint density at radius 1 is 1.20 bits per heavy atom. The zero-order valence-corrected chi connectivity index (χ0v) is 14.2. The molecule has 0 bridgehead atoms. The summed E-state index contributed by atoms with van der Waals surface area (Å²) in [5, 5.41) is 5.76. The van der Waals surface area contributed by atoms with Crippen LogP contribution in [-0.2, 0) is 0 Å². The molecule has 1 aliphatic rings. The summed E-state index contributed by atoms with van der Waals surface area (Å²) in [5.41, 5.74) is 2.52. The van der Waals surface area contributed by atoms with Gasteiger partial charge in [0.25, 0.3) is 0 Å². The van der Waals surface area contributed by atoms with Gasteiger partial charge < -0.3 is 14.8 Å². The van der Waals surface area contributed by atoms with E-state index in [9.17, 15) is 0 Å². The number of halogens is 1. The molecule has 20 heavy (non-hydrogen) atoms. The van der Waals surface area contributed by atoms with Crippen LogP contribution in [0.3, 0.4) is 0 Å². The van der Waals surface area contributed by atoms with Crippen LogP contribution in [0.2, 0.25) is 0 Å². The van der Waals surface area contributed by atoms with Crippen molar-refractivity contribution in [1.82, 2.24) is 5.32 Å². The van der Waals surface area contributed by atoms with E-state index in [-0.39, 0.29) is 6.04 Å². The minimum Gasteiger partial charge on any atom is -0.486 e. The highest BCUT2D eigenvalue weighted by atomic mass is 127. The number of ether oxygens (including phenoxy) is 2. The Balaban J connectivity index is 1.95. The minimum atomic E-state index is 0.204. The van der Waals surface area contributed by atoms with Gasteiger partial charge in [0.05, 0.1) is 8.93 Å². The van der Waals surface area contributed by atoms with E-state index in [0.717, 1.165) is 18.0 Å². The monoisotopic (exact) mass is 401 g/mol. The maximum absolute atomic E-state index is 5.68. The van der Waals surface area contributed by atoms with Crippen molar-refractivity contribution in [3.8, 4) is 11.5 Å². The predicted molar refractivity (Wildman–Crippen MR) is 90.0 cm³/mol. The van der Waals surface area contributed by atoms with Gasteiger partial charge in [-0.25, -0.2) is 0 Å². The molecule has 1 aromatic heterocycles. The van der Waals surface area contributed by atoms with Gasteiger partial charge >= 0.3 is 0 Å². The van der Waals surface area contributed by atoms with Gasteiger partial charge in [-0.05, 0) is 63.8 Å². The van der Waals surface area contributed by atoms with Crippen LogP contribution in [-0.4, -0.2) is 19.8 Å². The van der Waals surface area contributed by atoms with Crippen molar-refractivity contribution in [2.75, 3.05) is 19.8 Å². The quantitative estimate of drug-likeness (QED) is 0.791. The summed E-state index contributed by atoms with van der Waals surface area (Å²) in [5.74, 6) is 1.69. The van der Waals surface area contributed by atoms with Crippen molar-refractivity contribution in [3.05, 3.63) is 43.7 Å². The van der Waals surface area contributed by atoms with Crippen LogP contribution >= 0.6 is 33.9 Å². The number of thiophene rings is 1. The molecule has 0 saturated carbocycles. The lowest BCUT2D eigenvalue weighted by molar-refractivity contribution is 0.171. The Morgan fingerprint density at radius 2 is 2.00 bits per heavy atom. The maximum atomic E-state index is 5.68. The lowest BCUT2D eigenvalue weighted by Gasteiger charge is -2.22. The molecule has 0 spiro atoms. The summed E-state index contributed by atoms with van der Waals surface area (Å²) in [6, 6.07) is 8.65. The summed E-state index contributed by atoms with van der Waals surface area (Å²) < 4.78 is 12.6. The third-order valence-electron chi connectivity index (χ3n) is 3.23. The number of fused-ring (bicyclic) bond motifs is 1. The van der Waals surface area contributed by atoms with Gasteiger partial charge in [0.2, 0.25) is 0 Å². The molecule has 1 aromatic carbocycles. The van der Waals surface area contributed by atoms with Gasteiger partial charge in [0, 0.05) is 0 Å². The summed E-state index contributed by atoms with van der Waals surface area (Å²) >= 11 is 4.14. The number of nitrogens with one attached hydrogen (secondary N) is 1. The zero-order valence-electron chi connectivity index (χ0n) is 11.2. The second-order valence-electron chi connectivity index (χ2n) is 4.58. The number of hydrogen-bond acceptors (Lipinski definition) is 4. The predicted octanol–water partition coefficient (Wildman–Crippen LogP) is 3.82. The molecule has 2 heterocycles. The van der Waals surface area contributed by atoms with E-state index in [1.54, 1.807) is 11.3 Å². The fraction of sp³-hybridized carbons (Fsp3) is 0.333. The van der Waals surface area contributed by atoms with Crippen LogP contribution in [0.4, 0.5) is 0 Å². The Kier molecular flexibility index (Phi) is 4.48. The van der Waals surface area contributed by atoms with E-state index in [1.807, 2.05) is 6.07 Å². The van der Waals surface area contributed by atoms with E-state index in [4.69, 9.17) is 9.47 Å². The van der Waals surface area contributed by atoms with Crippen LogP contribution in [0, 0.1) is 2.88 Å². The number of hydrogen-bond donors (Lipinski definition) is 1. The highest BCUT2D eigenvalue weighted by Gasteiger charge is 2.18. The first-order chi connectivity index (χ1) is 9.78. The summed E-state index contributed by atoms with van der Waals surface area (Å²) in [6.45, 7) is 4.30. The average Bonchev–Trinajstić information content (AvgIpc) is 2.90. The average molecular weight is 401 g/mol. The third-order valence-corrected chi connectivity index (χ3v) is 5.04. The standard InChI is InChI=1S/C15H16INO2S/c1-2-17-15(11-8-14(16)20-9-11)10-3-4-12-13(7-10)19-6-5-18-12/h3-4,7-9,15,17H,2,5-6H2,1H3. The molecule has 0 amide bonds. The Hall–Kier alpha value is -0.790. The molecule has 0 aliphatic carbocycles. The minimum absolute atomic E-state index is 0.204. The number of benzene rings is 1. The largest absolute Gasteiger partial charge is 0.486 e. The molecular weight excluding hydrogens is 385 g/mol. The third kappa shape index (κ3) is 2.94. The first kappa shape index (κ1) is 14.2. The lowest BCUT2D eigenvalue weighted by atomic mass is 10.0. The molecule has 2 aromatic rings. The molecule has 0 radical (unpaired) electrons. The Morgan fingerprint density at radius 3 is 2.70 bits per heavy atom. The van der Waals surface area contributed by atoms with Crippen molar-refractivity contribution in [2.24, 2.45) is 0 Å². The van der Waals surface area contributed by atoms with Crippen LogP contribution in [0.5, 0.6) is 11.5 Å². The molecule has 1 aliphatic heterocycles. The van der Waals surface area contributed by atoms with Gasteiger partial charge in [-0.15, -0.1) is 11.3 Å². The van der Waals surface area contributed by atoms with E-state index >= 15 is 0 Å². The van der Waals surface area contributed by atoms with Gasteiger partial charge in [0.1, 0.15) is 13.2 Å². The molecule has 1 atom stereocenters. The second-order valence-corrected chi connectivity index (χ2v) is 7.38. The molecule has 0 saturated heterocycles.